The largest absolute Gasteiger partial charge is 0.444 e. The summed E-state index contributed by atoms with van der Waals surface area (Å²) in [4.78, 5) is 13.6. The molecule has 2 N–H and O–H groups in total. The quantitative estimate of drug-likeness (QED) is 0.844. The summed E-state index contributed by atoms with van der Waals surface area (Å²) in [5.74, 6) is 0.616. The van der Waals surface area contributed by atoms with Gasteiger partial charge in [-0.3, -0.25) is 0 Å². The third-order valence-electron chi connectivity index (χ3n) is 3.37. The Labute approximate surface area is 135 Å². The van der Waals surface area contributed by atoms with Gasteiger partial charge < -0.3 is 15.4 Å². The highest BCUT2D eigenvalue weighted by Crippen LogP contribution is 2.32. The van der Waals surface area contributed by atoms with Crippen molar-refractivity contribution in [1.82, 2.24) is 10.6 Å². The molecule has 1 aliphatic rings. The third-order valence-corrected chi connectivity index (χ3v) is 4.36. The van der Waals surface area contributed by atoms with Gasteiger partial charge in [-0.25, -0.2) is 4.79 Å². The summed E-state index contributed by atoms with van der Waals surface area (Å²) in [6, 6.07) is 6.21. The Balaban J connectivity index is 1.78. The number of alkyl carbamates (subject to hydrolysis) is 1. The molecular weight excluding hydrogens is 298 g/mol. The molecule has 1 aromatic rings. The molecule has 2 rings (SSSR count). The maximum Gasteiger partial charge on any atom is 0.407 e. The number of rotatable bonds is 6. The number of amides is 1. The Morgan fingerprint density at radius 3 is 2.77 bits per heavy atom. The molecule has 0 saturated heterocycles. The van der Waals surface area contributed by atoms with Crippen LogP contribution in [0.4, 0.5) is 4.79 Å². The van der Waals surface area contributed by atoms with Gasteiger partial charge in [0.2, 0.25) is 0 Å². The van der Waals surface area contributed by atoms with Crippen molar-refractivity contribution in [3.63, 3.8) is 0 Å². The Bertz CT molecular complexity index is 552. The van der Waals surface area contributed by atoms with Crippen molar-refractivity contribution in [3.05, 3.63) is 21.9 Å². The summed E-state index contributed by atoms with van der Waals surface area (Å²) in [6.45, 7) is 6.85. The average molecular weight is 321 g/mol. The van der Waals surface area contributed by atoms with E-state index in [2.05, 4.69) is 16.7 Å². The fourth-order valence-corrected chi connectivity index (χ4v) is 2.93. The van der Waals surface area contributed by atoms with Crippen molar-refractivity contribution in [3.8, 4) is 6.07 Å². The van der Waals surface area contributed by atoms with E-state index < -0.39 is 5.60 Å². The summed E-state index contributed by atoms with van der Waals surface area (Å²) in [5.41, 5.74) is -0.475. The Morgan fingerprint density at radius 1 is 1.50 bits per heavy atom. The molecule has 0 spiro atoms. The zero-order valence-electron chi connectivity index (χ0n) is 13.3. The van der Waals surface area contributed by atoms with E-state index >= 15 is 0 Å². The van der Waals surface area contributed by atoms with Gasteiger partial charge in [0, 0.05) is 24.0 Å². The normalized spacial score (nSPS) is 15.9. The van der Waals surface area contributed by atoms with Crippen LogP contribution in [-0.2, 0) is 11.3 Å². The van der Waals surface area contributed by atoms with Crippen molar-refractivity contribution in [2.45, 2.75) is 51.8 Å². The lowest BCUT2D eigenvalue weighted by Crippen LogP contribution is -2.43. The molecule has 6 heteroatoms. The summed E-state index contributed by atoms with van der Waals surface area (Å²) < 4.78 is 5.26. The van der Waals surface area contributed by atoms with Gasteiger partial charge in [0.15, 0.2) is 0 Å². The minimum Gasteiger partial charge on any atom is -0.444 e. The van der Waals surface area contributed by atoms with Gasteiger partial charge in [-0.05, 0) is 51.7 Å². The molecule has 1 unspecified atom stereocenters. The molecule has 0 aliphatic heterocycles. The first-order valence-corrected chi connectivity index (χ1v) is 8.38. The number of nitriles is 1. The van der Waals surface area contributed by atoms with E-state index in [1.165, 1.54) is 24.2 Å². The molecule has 5 nitrogen and oxygen atoms in total. The smallest absolute Gasteiger partial charge is 0.407 e. The zero-order valence-corrected chi connectivity index (χ0v) is 14.1. The fourth-order valence-electron chi connectivity index (χ4n) is 2.18. The van der Waals surface area contributed by atoms with Crippen LogP contribution in [0.3, 0.4) is 0 Å². The number of ether oxygens (including phenoxy) is 1. The molecule has 0 aromatic carbocycles. The van der Waals surface area contributed by atoms with Gasteiger partial charge in [0.1, 0.15) is 16.5 Å². The average Bonchev–Trinajstić information content (AvgIpc) is 3.15. The summed E-state index contributed by atoms with van der Waals surface area (Å²) in [5, 5.41) is 15.2. The van der Waals surface area contributed by atoms with E-state index in [4.69, 9.17) is 10.00 Å². The highest BCUT2D eigenvalue weighted by atomic mass is 32.1. The second-order valence-electron chi connectivity index (χ2n) is 6.59. The van der Waals surface area contributed by atoms with Crippen LogP contribution in [0.25, 0.3) is 0 Å². The Kier molecular flexibility index (Phi) is 5.43. The van der Waals surface area contributed by atoms with Crippen LogP contribution < -0.4 is 10.6 Å². The highest BCUT2D eigenvalue weighted by Gasteiger charge is 2.31. The summed E-state index contributed by atoms with van der Waals surface area (Å²) in [7, 11) is 0. The van der Waals surface area contributed by atoms with Crippen molar-refractivity contribution < 1.29 is 9.53 Å². The molecule has 1 atom stereocenters. The zero-order chi connectivity index (χ0) is 16.2. The lowest BCUT2D eigenvalue weighted by Gasteiger charge is -2.22. The maximum atomic E-state index is 11.7. The second kappa shape index (κ2) is 7.12. The van der Waals surface area contributed by atoms with E-state index in [9.17, 15) is 4.79 Å². The number of hydrogen-bond acceptors (Lipinski definition) is 5. The second-order valence-corrected chi connectivity index (χ2v) is 7.75. The molecule has 0 bridgehead atoms. The van der Waals surface area contributed by atoms with Gasteiger partial charge in [0.25, 0.3) is 0 Å². The van der Waals surface area contributed by atoms with E-state index in [1.54, 1.807) is 0 Å². The van der Waals surface area contributed by atoms with Crippen LogP contribution in [0.5, 0.6) is 0 Å². The van der Waals surface area contributed by atoms with E-state index in [0.717, 1.165) is 16.3 Å². The summed E-state index contributed by atoms with van der Waals surface area (Å²) in [6.07, 6.45) is 2.02. The number of thiophene rings is 1. The van der Waals surface area contributed by atoms with Crippen molar-refractivity contribution >= 4 is 17.4 Å². The van der Waals surface area contributed by atoms with E-state index in [0.29, 0.717) is 12.5 Å². The lowest BCUT2D eigenvalue weighted by molar-refractivity contribution is 0.0521. The van der Waals surface area contributed by atoms with Gasteiger partial charge in [-0.2, -0.15) is 5.26 Å². The Hall–Kier alpha value is -1.58. The van der Waals surface area contributed by atoms with Gasteiger partial charge in [-0.15, -0.1) is 11.3 Å². The first-order chi connectivity index (χ1) is 10.4. The molecule has 1 amide bonds. The number of carbonyl (C=O) groups excluding carboxylic acids is 1. The van der Waals surface area contributed by atoms with Crippen LogP contribution in [0.1, 0.15) is 43.4 Å². The van der Waals surface area contributed by atoms with Crippen LogP contribution >= 0.6 is 11.3 Å². The maximum absolute atomic E-state index is 11.7. The first-order valence-electron chi connectivity index (χ1n) is 7.56. The predicted octanol–water partition coefficient (Wildman–Crippen LogP) is 3.01. The molecule has 1 saturated carbocycles. The number of nitrogens with zero attached hydrogens (tertiary/aromatic N) is 1. The minimum atomic E-state index is -0.475. The van der Waals surface area contributed by atoms with E-state index in [1.807, 2.05) is 32.9 Å². The third kappa shape index (κ3) is 5.66. The molecule has 1 fully saturated rings. The van der Waals surface area contributed by atoms with Gasteiger partial charge >= 0.3 is 6.09 Å². The molecule has 0 radical (unpaired) electrons. The molecular formula is C16H23N3O2S. The van der Waals surface area contributed by atoms with Crippen molar-refractivity contribution in [2.75, 3.05) is 6.54 Å². The number of hydrogen-bond donors (Lipinski definition) is 2. The number of nitrogens with one attached hydrogen (secondary N) is 2. The van der Waals surface area contributed by atoms with E-state index in [-0.39, 0.29) is 12.1 Å². The molecule has 1 heterocycles. The molecule has 1 aromatic heterocycles. The van der Waals surface area contributed by atoms with Gasteiger partial charge in [-0.1, -0.05) is 0 Å². The van der Waals surface area contributed by atoms with Crippen LogP contribution in [0.15, 0.2) is 12.1 Å². The molecule has 22 heavy (non-hydrogen) atoms. The highest BCUT2D eigenvalue weighted by molar-refractivity contribution is 7.12. The summed E-state index contributed by atoms with van der Waals surface area (Å²) >= 11 is 1.50. The lowest BCUT2D eigenvalue weighted by atomic mass is 10.2. The minimum absolute atomic E-state index is 0.250. The topological polar surface area (TPSA) is 74.2 Å². The van der Waals surface area contributed by atoms with Crippen LogP contribution in [0.2, 0.25) is 0 Å². The SMILES string of the molecule is CC(C)(C)OC(=O)NCC(NCc1ccc(C#N)s1)C1CC1. The molecule has 1 aliphatic carbocycles. The van der Waals surface area contributed by atoms with Gasteiger partial charge in [0.05, 0.1) is 0 Å². The van der Waals surface area contributed by atoms with Crippen molar-refractivity contribution in [2.24, 2.45) is 5.92 Å². The van der Waals surface area contributed by atoms with Crippen molar-refractivity contribution in [1.29, 1.82) is 5.26 Å². The Morgan fingerprint density at radius 2 is 2.23 bits per heavy atom. The monoisotopic (exact) mass is 321 g/mol. The fraction of sp³-hybridized carbons (Fsp3) is 0.625. The predicted molar refractivity (Wildman–Crippen MR) is 86.6 cm³/mol. The first kappa shape index (κ1) is 16.8. The molecule has 120 valence electrons. The number of carbonyl (C=O) groups is 1. The van der Waals surface area contributed by atoms with Crippen LogP contribution in [-0.4, -0.2) is 24.3 Å². The van der Waals surface area contributed by atoms with Crippen LogP contribution in [0, 0.1) is 17.2 Å². The standard InChI is InChI=1S/C16H23N3O2S/c1-16(2,3)21-15(20)19-10-14(11-4-5-11)18-9-13-7-6-12(8-17)22-13/h6-7,11,14,18H,4-5,9-10H2,1-3H3,(H,19,20).